The second-order valence-electron chi connectivity index (χ2n) is 6.47. The Morgan fingerprint density at radius 2 is 1.89 bits per heavy atom. The van der Waals surface area contributed by atoms with Gasteiger partial charge in [-0.15, -0.1) is 0 Å². The van der Waals surface area contributed by atoms with E-state index >= 15 is 0 Å². The number of rotatable bonds is 6. The molecule has 0 saturated heterocycles. The Morgan fingerprint density at radius 1 is 1.19 bits per heavy atom. The van der Waals surface area contributed by atoms with Crippen LogP contribution < -0.4 is 16.6 Å². The molecule has 0 aliphatic heterocycles. The normalized spacial score (nSPS) is 12.7. The van der Waals surface area contributed by atoms with E-state index in [4.69, 9.17) is 0 Å². The number of aryl methyl sites for hydroxylation is 1. The van der Waals surface area contributed by atoms with Crippen molar-refractivity contribution < 1.29 is 5.11 Å². The monoisotopic (exact) mass is 369 g/mol. The fourth-order valence-corrected chi connectivity index (χ4v) is 2.86. The number of aliphatic hydroxyl groups is 1. The van der Waals surface area contributed by atoms with E-state index in [9.17, 15) is 14.7 Å². The fourth-order valence-electron chi connectivity index (χ4n) is 2.86. The maximum absolute atomic E-state index is 12.7. The van der Waals surface area contributed by atoms with Crippen LogP contribution >= 0.6 is 0 Å². The van der Waals surface area contributed by atoms with Gasteiger partial charge < -0.3 is 15.0 Å². The first kappa shape index (κ1) is 18.7. The van der Waals surface area contributed by atoms with Gasteiger partial charge in [-0.2, -0.15) is 4.98 Å². The molecule has 0 unspecified atom stereocenters. The molecule has 1 atom stereocenters. The molecule has 2 heterocycles. The van der Waals surface area contributed by atoms with Crippen LogP contribution in [0, 0.1) is 0 Å². The van der Waals surface area contributed by atoms with Crippen LogP contribution in [0.4, 0.5) is 5.95 Å². The first-order valence-electron chi connectivity index (χ1n) is 8.70. The van der Waals surface area contributed by atoms with Gasteiger partial charge in [0.25, 0.3) is 5.56 Å². The largest absolute Gasteiger partial charge is 0.392 e. The lowest BCUT2D eigenvalue weighted by atomic mass is 10.2. The van der Waals surface area contributed by atoms with Crippen LogP contribution in [0.15, 0.2) is 46.0 Å². The Morgan fingerprint density at radius 3 is 2.56 bits per heavy atom. The number of fused-ring (bicyclic) bond motifs is 1. The van der Waals surface area contributed by atoms with Crippen molar-refractivity contribution in [3.63, 3.8) is 0 Å². The maximum Gasteiger partial charge on any atom is 0.332 e. The van der Waals surface area contributed by atoms with Crippen molar-refractivity contribution in [2.24, 2.45) is 14.1 Å². The number of nitrogens with zero attached hydrogens (tertiary/aromatic N) is 4. The standard InChI is InChI=1S/C19H23N5O3/c1-13(25)12-20-18-21-16-15(17(26)23(3)19(27)22(16)2)24(18)11-7-10-14-8-5-4-6-9-14/h4-10,13,25H,11-12H2,1-3H3,(H,20,21)/b10-7+/t13-/m1/s1. The molecule has 142 valence electrons. The first-order chi connectivity index (χ1) is 12.9. The molecule has 0 amide bonds. The number of aliphatic hydroxyl groups excluding tert-OH is 1. The zero-order chi connectivity index (χ0) is 19.6. The number of allylic oxidation sites excluding steroid dienone is 1. The maximum atomic E-state index is 12.7. The minimum Gasteiger partial charge on any atom is -0.392 e. The molecule has 1 aromatic carbocycles. The molecule has 8 nitrogen and oxygen atoms in total. The van der Waals surface area contributed by atoms with Gasteiger partial charge in [0.05, 0.1) is 6.10 Å². The zero-order valence-corrected chi connectivity index (χ0v) is 15.6. The molecule has 0 radical (unpaired) electrons. The Hall–Kier alpha value is -3.13. The number of hydrogen-bond acceptors (Lipinski definition) is 5. The van der Waals surface area contributed by atoms with Gasteiger partial charge in [0.1, 0.15) is 0 Å². The molecule has 2 N–H and O–H groups in total. The summed E-state index contributed by atoms with van der Waals surface area (Å²) in [5.41, 5.74) is 0.855. The first-order valence-corrected chi connectivity index (χ1v) is 8.70. The summed E-state index contributed by atoms with van der Waals surface area (Å²) in [6, 6.07) is 9.82. The van der Waals surface area contributed by atoms with Gasteiger partial charge in [0, 0.05) is 27.2 Å². The summed E-state index contributed by atoms with van der Waals surface area (Å²) >= 11 is 0. The highest BCUT2D eigenvalue weighted by atomic mass is 16.3. The molecular formula is C19H23N5O3. The summed E-state index contributed by atoms with van der Waals surface area (Å²) < 4.78 is 4.14. The Kier molecular flexibility index (Phi) is 5.27. The van der Waals surface area contributed by atoms with Crippen molar-refractivity contribution in [2.75, 3.05) is 11.9 Å². The third kappa shape index (κ3) is 3.70. The summed E-state index contributed by atoms with van der Waals surface area (Å²) in [6.07, 6.45) is 3.30. The van der Waals surface area contributed by atoms with Gasteiger partial charge >= 0.3 is 5.69 Å². The van der Waals surface area contributed by atoms with E-state index in [0.717, 1.165) is 10.1 Å². The summed E-state index contributed by atoms with van der Waals surface area (Å²) in [6.45, 7) is 2.32. The summed E-state index contributed by atoms with van der Waals surface area (Å²) in [7, 11) is 3.03. The van der Waals surface area contributed by atoms with Gasteiger partial charge in [0.15, 0.2) is 11.2 Å². The minimum absolute atomic E-state index is 0.278. The Balaban J connectivity index is 2.09. The second-order valence-corrected chi connectivity index (χ2v) is 6.47. The number of benzene rings is 1. The number of anilines is 1. The number of nitrogens with one attached hydrogen (secondary N) is 1. The van der Waals surface area contributed by atoms with Gasteiger partial charge in [-0.1, -0.05) is 42.5 Å². The third-order valence-electron chi connectivity index (χ3n) is 4.30. The van der Waals surface area contributed by atoms with E-state index in [1.807, 2.05) is 42.5 Å². The molecule has 0 bridgehead atoms. The topological polar surface area (TPSA) is 94.1 Å². The number of aromatic nitrogens is 4. The summed E-state index contributed by atoms with van der Waals surface area (Å²) in [5.74, 6) is 0.432. The molecule has 0 spiro atoms. The van der Waals surface area contributed by atoms with E-state index in [1.54, 1.807) is 18.5 Å². The second kappa shape index (κ2) is 7.63. The average Bonchev–Trinajstić information content (AvgIpc) is 3.02. The zero-order valence-electron chi connectivity index (χ0n) is 15.6. The Bertz CT molecular complexity index is 1090. The van der Waals surface area contributed by atoms with E-state index in [-0.39, 0.29) is 6.54 Å². The number of hydrogen-bond donors (Lipinski definition) is 2. The molecule has 3 rings (SSSR count). The average molecular weight is 369 g/mol. The lowest BCUT2D eigenvalue weighted by Crippen LogP contribution is -2.37. The summed E-state index contributed by atoms with van der Waals surface area (Å²) in [4.78, 5) is 29.3. The molecule has 0 aliphatic carbocycles. The van der Waals surface area contributed by atoms with Crippen molar-refractivity contribution in [3.8, 4) is 0 Å². The van der Waals surface area contributed by atoms with Gasteiger partial charge in [-0.05, 0) is 12.5 Å². The van der Waals surface area contributed by atoms with Crippen molar-refractivity contribution in [3.05, 3.63) is 62.8 Å². The van der Waals surface area contributed by atoms with E-state index < -0.39 is 17.4 Å². The quantitative estimate of drug-likeness (QED) is 0.674. The van der Waals surface area contributed by atoms with Crippen LogP contribution in [0.2, 0.25) is 0 Å². The highest BCUT2D eigenvalue weighted by Gasteiger charge is 2.18. The molecule has 0 saturated carbocycles. The summed E-state index contributed by atoms with van der Waals surface area (Å²) in [5, 5.41) is 12.6. The van der Waals surface area contributed by atoms with Crippen LogP contribution in [-0.4, -0.2) is 36.4 Å². The smallest absolute Gasteiger partial charge is 0.332 e. The van der Waals surface area contributed by atoms with Gasteiger partial charge in [0.2, 0.25) is 5.95 Å². The third-order valence-corrected chi connectivity index (χ3v) is 4.30. The van der Waals surface area contributed by atoms with Crippen molar-refractivity contribution >= 4 is 23.2 Å². The number of imidazole rings is 1. The fraction of sp³-hybridized carbons (Fsp3) is 0.316. The van der Waals surface area contributed by atoms with Crippen molar-refractivity contribution in [2.45, 2.75) is 19.6 Å². The van der Waals surface area contributed by atoms with E-state index in [2.05, 4.69) is 10.3 Å². The molecule has 8 heteroatoms. The van der Waals surface area contributed by atoms with Crippen molar-refractivity contribution in [1.82, 2.24) is 18.7 Å². The van der Waals surface area contributed by atoms with E-state index in [1.165, 1.54) is 11.6 Å². The predicted molar refractivity (Wildman–Crippen MR) is 106 cm³/mol. The van der Waals surface area contributed by atoms with Crippen molar-refractivity contribution in [1.29, 1.82) is 0 Å². The van der Waals surface area contributed by atoms with Gasteiger partial charge in [-0.25, -0.2) is 4.79 Å². The van der Waals surface area contributed by atoms with Crippen LogP contribution in [0.1, 0.15) is 12.5 Å². The Labute approximate surface area is 156 Å². The SMILES string of the molecule is C[C@@H](O)CNc1nc2c(c(=O)n(C)c(=O)n2C)n1C/C=C/c1ccccc1. The minimum atomic E-state index is -0.579. The highest BCUT2D eigenvalue weighted by molar-refractivity contribution is 5.74. The van der Waals surface area contributed by atoms with Crippen LogP contribution in [0.25, 0.3) is 17.2 Å². The predicted octanol–water partition coefficient (Wildman–Crippen LogP) is 0.940. The molecule has 3 aromatic rings. The van der Waals surface area contributed by atoms with Gasteiger partial charge in [-0.3, -0.25) is 13.9 Å². The van der Waals surface area contributed by atoms with Crippen LogP contribution in [0.5, 0.6) is 0 Å². The highest BCUT2D eigenvalue weighted by Crippen LogP contribution is 2.16. The molecular weight excluding hydrogens is 346 g/mol. The van der Waals surface area contributed by atoms with Crippen LogP contribution in [-0.2, 0) is 20.6 Å². The molecule has 0 aliphatic rings. The molecule has 27 heavy (non-hydrogen) atoms. The molecule has 2 aromatic heterocycles. The lowest BCUT2D eigenvalue weighted by Gasteiger charge is -2.10. The molecule has 0 fully saturated rings. The van der Waals surface area contributed by atoms with E-state index in [0.29, 0.717) is 23.7 Å². The lowest BCUT2D eigenvalue weighted by molar-refractivity contribution is 0.208. The van der Waals surface area contributed by atoms with Crippen LogP contribution in [0.3, 0.4) is 0 Å².